The molecule has 13 heavy (non-hydrogen) atoms. The van der Waals surface area contributed by atoms with Crippen LogP contribution in [0.4, 0.5) is 0 Å². The summed E-state index contributed by atoms with van der Waals surface area (Å²) in [6, 6.07) is 3.70. The Hall–Kier alpha value is -0.770. The van der Waals surface area contributed by atoms with Gasteiger partial charge in [-0.25, -0.2) is 0 Å². The lowest BCUT2D eigenvalue weighted by molar-refractivity contribution is -0.120. The highest BCUT2D eigenvalue weighted by atomic mass is 79.9. The van der Waals surface area contributed by atoms with E-state index in [1.165, 1.54) is 0 Å². The topological polar surface area (TPSA) is 42.2 Å². The van der Waals surface area contributed by atoms with Gasteiger partial charge in [-0.15, -0.1) is 0 Å². The number of aryl methyl sites for hydroxylation is 1. The Kier molecular flexibility index (Phi) is 4.60. The molecule has 0 spiro atoms. The number of amides is 1. The van der Waals surface area contributed by atoms with Gasteiger partial charge >= 0.3 is 0 Å². The van der Waals surface area contributed by atoms with Gasteiger partial charge in [-0.2, -0.15) is 0 Å². The van der Waals surface area contributed by atoms with Crippen LogP contribution in [0.3, 0.4) is 0 Å². The van der Waals surface area contributed by atoms with E-state index in [4.69, 9.17) is 4.42 Å². The van der Waals surface area contributed by atoms with E-state index in [1.807, 2.05) is 12.1 Å². The smallest absolute Gasteiger partial charge is 0.220 e. The zero-order valence-corrected chi connectivity index (χ0v) is 8.84. The van der Waals surface area contributed by atoms with Crippen LogP contribution in [0.2, 0.25) is 0 Å². The summed E-state index contributed by atoms with van der Waals surface area (Å²) in [4.78, 5) is 11.1. The molecule has 0 saturated carbocycles. The van der Waals surface area contributed by atoms with Crippen LogP contribution in [0, 0.1) is 0 Å². The molecule has 0 saturated heterocycles. The van der Waals surface area contributed by atoms with Crippen molar-refractivity contribution in [1.82, 2.24) is 5.32 Å². The highest BCUT2D eigenvalue weighted by Gasteiger charge is 2.02. The van der Waals surface area contributed by atoms with Gasteiger partial charge in [0.05, 0.1) is 6.26 Å². The fourth-order valence-corrected chi connectivity index (χ4v) is 1.16. The number of alkyl halides is 1. The SMILES string of the molecule is O=C(CCc1ccco1)NCCBr. The van der Waals surface area contributed by atoms with Gasteiger partial charge in [0.25, 0.3) is 0 Å². The molecule has 1 aromatic rings. The first kappa shape index (κ1) is 10.3. The van der Waals surface area contributed by atoms with Crippen molar-refractivity contribution in [1.29, 1.82) is 0 Å². The number of nitrogens with one attached hydrogen (secondary N) is 1. The van der Waals surface area contributed by atoms with E-state index in [0.29, 0.717) is 19.4 Å². The molecule has 1 heterocycles. The van der Waals surface area contributed by atoms with Crippen molar-refractivity contribution in [3.05, 3.63) is 24.2 Å². The average Bonchev–Trinajstić information content (AvgIpc) is 2.64. The quantitative estimate of drug-likeness (QED) is 0.804. The standard InChI is InChI=1S/C9H12BrNO2/c10-5-6-11-9(12)4-3-8-2-1-7-13-8/h1-2,7H,3-6H2,(H,11,12). The Balaban J connectivity index is 2.15. The first-order valence-corrected chi connectivity index (χ1v) is 5.30. The molecule has 1 amide bonds. The Labute approximate surface area is 85.6 Å². The van der Waals surface area contributed by atoms with Gasteiger partial charge in [-0.1, -0.05) is 15.9 Å². The summed E-state index contributed by atoms with van der Waals surface area (Å²) < 4.78 is 5.10. The second kappa shape index (κ2) is 5.80. The Morgan fingerprint density at radius 2 is 2.46 bits per heavy atom. The Morgan fingerprint density at radius 3 is 3.08 bits per heavy atom. The van der Waals surface area contributed by atoms with Gasteiger partial charge in [0.1, 0.15) is 5.76 Å². The van der Waals surface area contributed by atoms with Gasteiger partial charge in [-0.05, 0) is 12.1 Å². The molecule has 0 bridgehead atoms. The maximum absolute atomic E-state index is 11.1. The lowest BCUT2D eigenvalue weighted by atomic mass is 10.2. The molecule has 1 aromatic heterocycles. The highest BCUT2D eigenvalue weighted by Crippen LogP contribution is 2.02. The summed E-state index contributed by atoms with van der Waals surface area (Å²) in [5.41, 5.74) is 0. The van der Waals surface area contributed by atoms with Crippen LogP contribution in [-0.2, 0) is 11.2 Å². The Morgan fingerprint density at radius 1 is 1.62 bits per heavy atom. The van der Waals surface area contributed by atoms with Crippen LogP contribution in [0.15, 0.2) is 22.8 Å². The number of rotatable bonds is 5. The van der Waals surface area contributed by atoms with Crippen molar-refractivity contribution >= 4 is 21.8 Å². The summed E-state index contributed by atoms with van der Waals surface area (Å²) in [6.07, 6.45) is 2.77. The first-order valence-electron chi connectivity index (χ1n) is 4.18. The molecular weight excluding hydrogens is 234 g/mol. The number of carbonyl (C=O) groups excluding carboxylic acids is 1. The molecule has 0 aromatic carbocycles. The van der Waals surface area contributed by atoms with Crippen LogP contribution in [-0.4, -0.2) is 17.8 Å². The van der Waals surface area contributed by atoms with Crippen LogP contribution in [0.25, 0.3) is 0 Å². The average molecular weight is 246 g/mol. The van der Waals surface area contributed by atoms with Gasteiger partial charge in [-0.3, -0.25) is 4.79 Å². The van der Waals surface area contributed by atoms with Crippen molar-refractivity contribution in [3.8, 4) is 0 Å². The van der Waals surface area contributed by atoms with Crippen LogP contribution in [0.1, 0.15) is 12.2 Å². The monoisotopic (exact) mass is 245 g/mol. The molecule has 0 fully saturated rings. The van der Waals surface area contributed by atoms with E-state index in [-0.39, 0.29) is 5.91 Å². The first-order chi connectivity index (χ1) is 6.33. The molecule has 1 rings (SSSR count). The normalized spacial score (nSPS) is 9.92. The van der Waals surface area contributed by atoms with Gasteiger partial charge in [0.15, 0.2) is 0 Å². The van der Waals surface area contributed by atoms with E-state index in [2.05, 4.69) is 21.2 Å². The van der Waals surface area contributed by atoms with E-state index in [1.54, 1.807) is 6.26 Å². The summed E-state index contributed by atoms with van der Waals surface area (Å²) in [5.74, 6) is 0.921. The molecule has 0 aliphatic heterocycles. The fraction of sp³-hybridized carbons (Fsp3) is 0.444. The highest BCUT2D eigenvalue weighted by molar-refractivity contribution is 9.09. The second-order valence-corrected chi connectivity index (χ2v) is 3.41. The number of hydrogen-bond donors (Lipinski definition) is 1. The van der Waals surface area contributed by atoms with Crippen molar-refractivity contribution < 1.29 is 9.21 Å². The number of hydrogen-bond acceptors (Lipinski definition) is 2. The largest absolute Gasteiger partial charge is 0.469 e. The molecule has 0 unspecified atom stereocenters. The summed E-state index contributed by atoms with van der Waals surface area (Å²) >= 11 is 3.23. The second-order valence-electron chi connectivity index (χ2n) is 2.62. The predicted octanol–water partition coefficient (Wildman–Crippen LogP) is 1.72. The molecule has 4 heteroatoms. The minimum atomic E-state index is 0.0656. The van der Waals surface area contributed by atoms with Crippen LogP contribution in [0.5, 0.6) is 0 Å². The van der Waals surface area contributed by atoms with E-state index in [9.17, 15) is 4.79 Å². The van der Waals surface area contributed by atoms with Crippen molar-refractivity contribution in [2.24, 2.45) is 0 Å². The molecule has 72 valence electrons. The summed E-state index contributed by atoms with van der Waals surface area (Å²) in [5, 5.41) is 3.56. The lowest BCUT2D eigenvalue weighted by Crippen LogP contribution is -2.25. The van der Waals surface area contributed by atoms with E-state index in [0.717, 1.165) is 11.1 Å². The third kappa shape index (κ3) is 4.12. The van der Waals surface area contributed by atoms with Crippen LogP contribution >= 0.6 is 15.9 Å². The Bertz CT molecular complexity index is 246. The molecule has 1 N–H and O–H groups in total. The summed E-state index contributed by atoms with van der Waals surface area (Å²) in [6.45, 7) is 0.678. The zero-order valence-electron chi connectivity index (χ0n) is 7.25. The lowest BCUT2D eigenvalue weighted by Gasteiger charge is -2.00. The summed E-state index contributed by atoms with van der Waals surface area (Å²) in [7, 11) is 0. The number of furan rings is 1. The minimum Gasteiger partial charge on any atom is -0.469 e. The van der Waals surface area contributed by atoms with Gasteiger partial charge in [0.2, 0.25) is 5.91 Å². The molecule has 0 atom stereocenters. The predicted molar refractivity (Wildman–Crippen MR) is 53.8 cm³/mol. The van der Waals surface area contributed by atoms with Crippen molar-refractivity contribution in [3.63, 3.8) is 0 Å². The number of halogens is 1. The van der Waals surface area contributed by atoms with E-state index < -0.39 is 0 Å². The third-order valence-corrected chi connectivity index (χ3v) is 1.99. The molecule has 0 radical (unpaired) electrons. The van der Waals surface area contributed by atoms with Gasteiger partial charge < -0.3 is 9.73 Å². The van der Waals surface area contributed by atoms with Crippen LogP contribution < -0.4 is 5.32 Å². The number of carbonyl (C=O) groups is 1. The maximum Gasteiger partial charge on any atom is 0.220 e. The van der Waals surface area contributed by atoms with Crippen molar-refractivity contribution in [2.45, 2.75) is 12.8 Å². The van der Waals surface area contributed by atoms with Crippen molar-refractivity contribution in [2.75, 3.05) is 11.9 Å². The third-order valence-electron chi connectivity index (χ3n) is 1.60. The maximum atomic E-state index is 11.1. The van der Waals surface area contributed by atoms with E-state index >= 15 is 0 Å². The molecule has 3 nitrogen and oxygen atoms in total. The van der Waals surface area contributed by atoms with Gasteiger partial charge in [0, 0.05) is 24.7 Å². The fourth-order valence-electron chi connectivity index (χ4n) is 0.967. The molecule has 0 aliphatic carbocycles. The molecule has 0 aliphatic rings. The molecular formula is C9H12BrNO2. The zero-order chi connectivity index (χ0) is 9.52. The minimum absolute atomic E-state index is 0.0656.